The van der Waals surface area contributed by atoms with Crippen LogP contribution in [0.3, 0.4) is 0 Å². The molecule has 5 unspecified atom stereocenters. The van der Waals surface area contributed by atoms with Crippen LogP contribution in [0.5, 0.6) is 5.75 Å². The molecule has 0 aromatic heterocycles. The summed E-state index contributed by atoms with van der Waals surface area (Å²) in [4.78, 5) is 26.0. The number of fused-ring (bicyclic) bond motifs is 1. The van der Waals surface area contributed by atoms with Crippen molar-refractivity contribution in [3.8, 4) is 5.75 Å². The summed E-state index contributed by atoms with van der Waals surface area (Å²) in [7, 11) is 0. The third kappa shape index (κ3) is 3.61. The number of Topliss-reactive ketones (excluding diaryl/α,β-unsaturated/α-hetero) is 1. The third-order valence-corrected chi connectivity index (χ3v) is 6.63. The molecule has 5 heteroatoms. The van der Waals surface area contributed by atoms with Gasteiger partial charge in [0.05, 0.1) is 5.70 Å². The Hall–Kier alpha value is -2.82. The van der Waals surface area contributed by atoms with Gasteiger partial charge in [0.15, 0.2) is 11.5 Å². The molecule has 4 rings (SSSR count). The van der Waals surface area contributed by atoms with E-state index in [1.165, 1.54) is 12.1 Å². The maximum Gasteiger partial charge on any atom is 0.263 e. The van der Waals surface area contributed by atoms with E-state index in [9.17, 15) is 19.8 Å². The SMILES string of the molecule is CC1CCC2C(C=CC(C)C2C(=O)C2=C(O)C(=Cc3ccc(O)cc3)NC2=O)C1. The van der Waals surface area contributed by atoms with E-state index in [0.29, 0.717) is 17.4 Å². The number of benzene rings is 1. The first-order valence-electron chi connectivity index (χ1n) is 10.3. The molecule has 0 spiro atoms. The Bertz CT molecular complexity index is 925. The number of carbonyl (C=O) groups is 2. The van der Waals surface area contributed by atoms with Gasteiger partial charge in [-0.15, -0.1) is 0 Å². The van der Waals surface area contributed by atoms with E-state index in [-0.39, 0.29) is 46.3 Å². The van der Waals surface area contributed by atoms with Crippen LogP contribution in [0.4, 0.5) is 0 Å². The minimum atomic E-state index is -0.542. The fraction of sp³-hybridized carbons (Fsp3) is 0.417. The topological polar surface area (TPSA) is 86.6 Å². The molecule has 1 saturated carbocycles. The highest BCUT2D eigenvalue weighted by molar-refractivity contribution is 6.23. The van der Waals surface area contributed by atoms with Gasteiger partial charge in [-0.3, -0.25) is 9.59 Å². The van der Waals surface area contributed by atoms with Crippen molar-refractivity contribution in [2.24, 2.45) is 29.6 Å². The minimum absolute atomic E-state index is 0.0374. The largest absolute Gasteiger partial charge is 0.508 e. The highest BCUT2D eigenvalue weighted by atomic mass is 16.3. The van der Waals surface area contributed by atoms with Crippen molar-refractivity contribution in [1.82, 2.24) is 5.32 Å². The van der Waals surface area contributed by atoms with Crippen molar-refractivity contribution < 1.29 is 19.8 Å². The summed E-state index contributed by atoms with van der Waals surface area (Å²) in [6, 6.07) is 6.39. The van der Waals surface area contributed by atoms with Gasteiger partial charge in [-0.1, -0.05) is 44.6 Å². The lowest BCUT2D eigenvalue weighted by molar-refractivity contribution is -0.127. The average molecular weight is 393 g/mol. The van der Waals surface area contributed by atoms with E-state index < -0.39 is 5.91 Å². The fourth-order valence-corrected chi connectivity index (χ4v) is 5.10. The first kappa shape index (κ1) is 19.5. The number of hydrogen-bond donors (Lipinski definition) is 3. The van der Waals surface area contributed by atoms with E-state index in [2.05, 4.69) is 24.4 Å². The molecule has 0 bridgehead atoms. The van der Waals surface area contributed by atoms with Gasteiger partial charge in [-0.2, -0.15) is 0 Å². The highest BCUT2D eigenvalue weighted by Crippen LogP contribution is 2.46. The normalized spacial score (nSPS) is 33.0. The van der Waals surface area contributed by atoms with Gasteiger partial charge in [0.1, 0.15) is 11.3 Å². The summed E-state index contributed by atoms with van der Waals surface area (Å²) in [6.07, 6.45) is 9.08. The molecule has 2 aliphatic carbocycles. The van der Waals surface area contributed by atoms with Gasteiger partial charge in [0, 0.05) is 5.92 Å². The number of phenols is 1. The Balaban J connectivity index is 1.65. The molecule has 1 aromatic carbocycles. The monoisotopic (exact) mass is 393 g/mol. The number of aromatic hydroxyl groups is 1. The van der Waals surface area contributed by atoms with Crippen LogP contribution in [0, 0.1) is 29.6 Å². The molecule has 1 amide bonds. The average Bonchev–Trinajstić information content (AvgIpc) is 2.96. The number of amides is 1. The first-order valence-corrected chi connectivity index (χ1v) is 10.3. The molecule has 5 nitrogen and oxygen atoms in total. The highest BCUT2D eigenvalue weighted by Gasteiger charge is 2.45. The number of carbonyl (C=O) groups excluding carboxylic acids is 2. The molecule has 152 valence electrons. The Labute approximate surface area is 170 Å². The Morgan fingerprint density at radius 1 is 1.10 bits per heavy atom. The second kappa shape index (κ2) is 7.54. The van der Waals surface area contributed by atoms with Crippen LogP contribution in [-0.4, -0.2) is 21.9 Å². The molecule has 1 aliphatic heterocycles. The van der Waals surface area contributed by atoms with Crippen molar-refractivity contribution in [3.63, 3.8) is 0 Å². The van der Waals surface area contributed by atoms with Crippen LogP contribution in [0.1, 0.15) is 38.7 Å². The summed E-state index contributed by atoms with van der Waals surface area (Å²) in [5, 5.41) is 22.7. The van der Waals surface area contributed by atoms with Crippen molar-refractivity contribution >= 4 is 17.8 Å². The lowest BCUT2D eigenvalue weighted by Crippen LogP contribution is -2.40. The lowest BCUT2D eigenvalue weighted by atomic mass is 9.61. The van der Waals surface area contributed by atoms with Gasteiger partial charge in [0.25, 0.3) is 5.91 Å². The zero-order chi connectivity index (χ0) is 20.7. The maximum atomic E-state index is 13.4. The molecular weight excluding hydrogens is 366 g/mol. The Morgan fingerprint density at radius 3 is 2.55 bits per heavy atom. The zero-order valence-corrected chi connectivity index (χ0v) is 16.8. The van der Waals surface area contributed by atoms with E-state index >= 15 is 0 Å². The number of aliphatic hydroxyl groups excluding tert-OH is 1. The van der Waals surface area contributed by atoms with Gasteiger partial charge >= 0.3 is 0 Å². The van der Waals surface area contributed by atoms with Gasteiger partial charge in [-0.05, 0) is 60.3 Å². The van der Waals surface area contributed by atoms with Crippen LogP contribution >= 0.6 is 0 Å². The number of phenolic OH excluding ortho intramolecular Hbond substituents is 1. The van der Waals surface area contributed by atoms with Gasteiger partial charge in [0.2, 0.25) is 0 Å². The lowest BCUT2D eigenvalue weighted by Gasteiger charge is -2.42. The van der Waals surface area contributed by atoms with E-state index in [1.54, 1.807) is 18.2 Å². The van der Waals surface area contributed by atoms with Crippen molar-refractivity contribution in [2.45, 2.75) is 33.1 Å². The zero-order valence-electron chi connectivity index (χ0n) is 16.8. The summed E-state index contributed by atoms with van der Waals surface area (Å²) < 4.78 is 0. The second-order valence-electron chi connectivity index (χ2n) is 8.71. The summed E-state index contributed by atoms with van der Waals surface area (Å²) >= 11 is 0. The molecule has 0 radical (unpaired) electrons. The molecule has 3 aliphatic rings. The van der Waals surface area contributed by atoms with E-state index in [0.717, 1.165) is 19.3 Å². The molecule has 1 aromatic rings. The minimum Gasteiger partial charge on any atom is -0.508 e. The van der Waals surface area contributed by atoms with Crippen molar-refractivity contribution in [1.29, 1.82) is 0 Å². The predicted molar refractivity (Wildman–Crippen MR) is 111 cm³/mol. The number of hydrogen-bond acceptors (Lipinski definition) is 4. The van der Waals surface area contributed by atoms with Crippen LogP contribution in [-0.2, 0) is 9.59 Å². The van der Waals surface area contributed by atoms with Gasteiger partial charge < -0.3 is 15.5 Å². The van der Waals surface area contributed by atoms with E-state index in [4.69, 9.17) is 0 Å². The summed E-state index contributed by atoms with van der Waals surface area (Å²) in [5.74, 6) is 0.0381. The molecule has 1 fully saturated rings. The smallest absolute Gasteiger partial charge is 0.263 e. The maximum absolute atomic E-state index is 13.4. The third-order valence-electron chi connectivity index (χ3n) is 6.63. The molecule has 3 N–H and O–H groups in total. The quantitative estimate of drug-likeness (QED) is 0.533. The predicted octanol–water partition coefficient (Wildman–Crippen LogP) is 4.12. The molecule has 0 saturated heterocycles. The number of allylic oxidation sites excluding steroid dienone is 2. The van der Waals surface area contributed by atoms with Crippen molar-refractivity contribution in [2.75, 3.05) is 0 Å². The number of rotatable bonds is 3. The molecule has 1 heterocycles. The number of aliphatic hydroxyl groups is 1. The molecule has 5 atom stereocenters. The van der Waals surface area contributed by atoms with Crippen molar-refractivity contribution in [3.05, 3.63) is 59.0 Å². The fourth-order valence-electron chi connectivity index (χ4n) is 5.10. The van der Waals surface area contributed by atoms with E-state index in [1.807, 2.05) is 6.92 Å². The van der Waals surface area contributed by atoms with Crippen LogP contribution in [0.2, 0.25) is 0 Å². The first-order chi connectivity index (χ1) is 13.8. The van der Waals surface area contributed by atoms with Gasteiger partial charge in [-0.25, -0.2) is 0 Å². The number of nitrogens with one attached hydrogen (secondary N) is 1. The van der Waals surface area contributed by atoms with Crippen LogP contribution in [0.25, 0.3) is 6.08 Å². The second-order valence-corrected chi connectivity index (χ2v) is 8.71. The summed E-state index contributed by atoms with van der Waals surface area (Å²) in [6.45, 7) is 4.27. The Kier molecular flexibility index (Phi) is 5.07. The molecule has 29 heavy (non-hydrogen) atoms. The summed E-state index contributed by atoms with van der Waals surface area (Å²) in [5.41, 5.74) is 0.796. The standard InChI is InChI=1S/C24H27NO4/c1-13-3-10-18-16(11-13)7-4-14(2)20(18)23(28)21-22(27)19(25-24(21)29)12-15-5-8-17(26)9-6-15/h4-9,12-14,16,18,20,26-27H,3,10-11H2,1-2H3,(H,25,29). The van der Waals surface area contributed by atoms with Crippen LogP contribution < -0.4 is 5.32 Å². The van der Waals surface area contributed by atoms with Crippen LogP contribution in [0.15, 0.2) is 53.4 Å². The Morgan fingerprint density at radius 2 is 1.83 bits per heavy atom. The molecular formula is C24H27NO4. The number of ketones is 1.